The molecule has 2 aromatic rings. The fraction of sp³-hybridized carbons (Fsp3) is 0. The van der Waals surface area contributed by atoms with E-state index in [2.05, 4.69) is 0 Å². The van der Waals surface area contributed by atoms with Crippen molar-refractivity contribution in [3.8, 4) is 0 Å². The van der Waals surface area contributed by atoms with E-state index in [0.29, 0.717) is 0 Å². The molecule has 0 N–H and O–H groups in total. The predicted octanol–water partition coefficient (Wildman–Crippen LogP) is 2.43. The molecule has 0 nitrogen and oxygen atoms in total. The maximum atomic E-state index is 2.00. The molecule has 2 rings (SSSR count). The van der Waals surface area contributed by atoms with Crippen molar-refractivity contribution >= 4 is 18.9 Å². The molecule has 0 unspecified atom stereocenters. The van der Waals surface area contributed by atoms with Crippen molar-refractivity contribution < 1.29 is 21.7 Å². The Morgan fingerprint density at radius 3 is 0.917 bits per heavy atom. The molecular weight excluding hydrogens is 175 g/mol. The Morgan fingerprint density at radius 1 is 0.583 bits per heavy atom. The summed E-state index contributed by atoms with van der Waals surface area (Å²) in [5.74, 6) is 0. The van der Waals surface area contributed by atoms with E-state index in [-0.39, 0.29) is 40.6 Å². The third-order valence-electron chi connectivity index (χ3n) is 1.11. The van der Waals surface area contributed by atoms with Crippen molar-refractivity contribution in [3.63, 3.8) is 0 Å². The topological polar surface area (TPSA) is 0 Å². The van der Waals surface area contributed by atoms with Gasteiger partial charge in [0.2, 0.25) is 0 Å². The minimum atomic E-state index is 0. The first-order valence-electron chi connectivity index (χ1n) is 3.33. The van der Waals surface area contributed by atoms with Gasteiger partial charge in [0.15, 0.2) is 0 Å². The third kappa shape index (κ3) is 8.11. The van der Waals surface area contributed by atoms with E-state index in [1.54, 1.807) is 0 Å². The van der Waals surface area contributed by atoms with E-state index in [1.165, 1.54) is 0 Å². The summed E-state index contributed by atoms with van der Waals surface area (Å²) in [7, 11) is 0. The van der Waals surface area contributed by atoms with Gasteiger partial charge in [0.1, 0.15) is 0 Å². The standard InChI is InChI=1S/2C5H5.Li.Ti/c2*1-2-4-5-3-1;;/h2*1-5H;;/q2*-1;;+2. The van der Waals surface area contributed by atoms with Gasteiger partial charge in [-0.1, -0.05) is 0 Å². The van der Waals surface area contributed by atoms with E-state index in [9.17, 15) is 0 Å². The van der Waals surface area contributed by atoms with Gasteiger partial charge in [0.05, 0.1) is 0 Å². The summed E-state index contributed by atoms with van der Waals surface area (Å²) in [6.45, 7) is 0. The summed E-state index contributed by atoms with van der Waals surface area (Å²) in [6, 6.07) is 20.0. The Labute approximate surface area is 101 Å². The van der Waals surface area contributed by atoms with Crippen LogP contribution in [-0.4, -0.2) is 18.9 Å². The van der Waals surface area contributed by atoms with Crippen molar-refractivity contribution in [1.82, 2.24) is 0 Å². The molecule has 0 amide bonds. The summed E-state index contributed by atoms with van der Waals surface area (Å²) in [6.07, 6.45) is 0. The maximum Gasteiger partial charge on any atom is 2.00 e. The number of hydrogen-bond acceptors (Lipinski definition) is 0. The van der Waals surface area contributed by atoms with Crippen LogP contribution in [0, 0.1) is 0 Å². The molecule has 0 saturated heterocycles. The molecule has 0 spiro atoms. The van der Waals surface area contributed by atoms with Crippen LogP contribution in [0.3, 0.4) is 0 Å². The minimum absolute atomic E-state index is 0. The predicted molar refractivity (Wildman–Crippen MR) is 49.8 cm³/mol. The average molecular weight is 185 g/mol. The van der Waals surface area contributed by atoms with Gasteiger partial charge >= 0.3 is 21.7 Å². The van der Waals surface area contributed by atoms with Crippen molar-refractivity contribution in [1.29, 1.82) is 0 Å². The van der Waals surface area contributed by atoms with E-state index in [4.69, 9.17) is 0 Å². The number of rotatable bonds is 0. The van der Waals surface area contributed by atoms with Crippen LogP contribution in [-0.2, 0) is 21.7 Å². The Balaban J connectivity index is 0. The molecule has 2 aromatic carbocycles. The molecule has 0 aliphatic rings. The first kappa shape index (κ1) is 14.5. The largest absolute Gasteiger partial charge is 2.00 e. The first-order chi connectivity index (χ1) is 5.00. The Bertz CT molecular complexity index is 149. The smallest absolute Gasteiger partial charge is 0.214 e. The quantitative estimate of drug-likeness (QED) is 0.436. The van der Waals surface area contributed by atoms with Gasteiger partial charge in [-0.15, -0.1) is 0 Å². The molecule has 0 aliphatic carbocycles. The average Bonchev–Trinajstić information content (AvgIpc) is 2.67. The molecule has 0 aliphatic heterocycles. The molecule has 1 radical (unpaired) electrons. The van der Waals surface area contributed by atoms with Gasteiger partial charge < -0.3 is 0 Å². The Kier molecular flexibility index (Phi) is 13.3. The van der Waals surface area contributed by atoms with Crippen molar-refractivity contribution in [2.45, 2.75) is 0 Å². The van der Waals surface area contributed by atoms with Crippen molar-refractivity contribution in [2.75, 3.05) is 0 Å². The molecule has 55 valence electrons. The van der Waals surface area contributed by atoms with Crippen LogP contribution in [0.5, 0.6) is 0 Å². The molecule has 0 atom stereocenters. The Hall–Kier alpha value is 0.0117. The molecule has 0 heterocycles. The van der Waals surface area contributed by atoms with Crippen LogP contribution in [0.2, 0.25) is 0 Å². The summed E-state index contributed by atoms with van der Waals surface area (Å²) in [5.41, 5.74) is 0. The molecular formula is C10H10LiTi. The molecule has 2 heteroatoms. The van der Waals surface area contributed by atoms with Crippen LogP contribution >= 0.6 is 0 Å². The molecule has 0 saturated carbocycles. The molecule has 0 bridgehead atoms. The fourth-order valence-corrected chi connectivity index (χ4v) is 0.642. The Morgan fingerprint density at radius 2 is 0.833 bits per heavy atom. The van der Waals surface area contributed by atoms with Crippen LogP contribution in [0.15, 0.2) is 60.7 Å². The summed E-state index contributed by atoms with van der Waals surface area (Å²) in [5, 5.41) is 0. The second-order valence-corrected chi connectivity index (χ2v) is 1.92. The fourth-order valence-electron chi connectivity index (χ4n) is 0.642. The monoisotopic (exact) mass is 185 g/mol. The first-order valence-corrected chi connectivity index (χ1v) is 3.33. The summed E-state index contributed by atoms with van der Waals surface area (Å²) >= 11 is 0. The van der Waals surface area contributed by atoms with E-state index < -0.39 is 0 Å². The van der Waals surface area contributed by atoms with E-state index in [0.717, 1.165) is 0 Å². The van der Waals surface area contributed by atoms with Gasteiger partial charge in [-0.2, -0.15) is 36.4 Å². The zero-order valence-electron chi connectivity index (χ0n) is 7.27. The van der Waals surface area contributed by atoms with Gasteiger partial charge in [-0.05, 0) is 0 Å². The van der Waals surface area contributed by atoms with Crippen LogP contribution in [0.25, 0.3) is 0 Å². The second-order valence-electron chi connectivity index (χ2n) is 1.92. The molecule has 0 fully saturated rings. The van der Waals surface area contributed by atoms with Gasteiger partial charge in [-0.3, -0.25) is 0 Å². The van der Waals surface area contributed by atoms with Gasteiger partial charge in [0.25, 0.3) is 0 Å². The van der Waals surface area contributed by atoms with Gasteiger partial charge in [-0.25, -0.2) is 24.3 Å². The second kappa shape index (κ2) is 11.0. The van der Waals surface area contributed by atoms with Crippen LogP contribution in [0.4, 0.5) is 0 Å². The third-order valence-corrected chi connectivity index (χ3v) is 1.11. The van der Waals surface area contributed by atoms with E-state index in [1.807, 2.05) is 60.7 Å². The van der Waals surface area contributed by atoms with E-state index >= 15 is 0 Å². The van der Waals surface area contributed by atoms with Crippen LogP contribution in [0.1, 0.15) is 0 Å². The summed E-state index contributed by atoms with van der Waals surface area (Å²) < 4.78 is 0. The SMILES string of the molecule is [Li].[Ti+2].c1cc[cH-]c1.c1cc[cH-]c1. The zero-order valence-corrected chi connectivity index (χ0v) is 8.84. The zero-order chi connectivity index (χ0) is 7.07. The van der Waals surface area contributed by atoms with Crippen molar-refractivity contribution in [2.24, 2.45) is 0 Å². The normalized spacial score (nSPS) is 6.67. The number of hydrogen-bond donors (Lipinski definition) is 0. The maximum absolute atomic E-state index is 2.00. The van der Waals surface area contributed by atoms with Crippen LogP contribution < -0.4 is 0 Å². The van der Waals surface area contributed by atoms with Crippen molar-refractivity contribution in [3.05, 3.63) is 60.7 Å². The molecule has 0 aromatic heterocycles. The summed E-state index contributed by atoms with van der Waals surface area (Å²) in [4.78, 5) is 0. The van der Waals surface area contributed by atoms with Gasteiger partial charge in [0, 0.05) is 18.9 Å². The molecule has 12 heavy (non-hydrogen) atoms. The minimum Gasteiger partial charge on any atom is -0.214 e.